The van der Waals surface area contributed by atoms with Crippen LogP contribution in [0.2, 0.25) is 0 Å². The summed E-state index contributed by atoms with van der Waals surface area (Å²) < 4.78 is 10.8. The minimum Gasteiger partial charge on any atom is -0.478 e. The van der Waals surface area contributed by atoms with Gasteiger partial charge in [0.25, 0.3) is 0 Å². The van der Waals surface area contributed by atoms with Gasteiger partial charge in [0.05, 0.1) is 11.2 Å². The van der Waals surface area contributed by atoms with Crippen molar-refractivity contribution in [2.45, 2.75) is 90.3 Å². The Kier molecular flexibility index (Phi) is 10.4. The molecule has 192 valence electrons. The quantitative estimate of drug-likeness (QED) is 0.416. The highest BCUT2D eigenvalue weighted by Crippen LogP contribution is 2.42. The van der Waals surface area contributed by atoms with Crippen LogP contribution in [0.15, 0.2) is 18.2 Å². The Morgan fingerprint density at radius 2 is 1.91 bits per heavy atom. The number of carbonyl (C=O) groups is 2. The van der Waals surface area contributed by atoms with E-state index in [2.05, 4.69) is 6.92 Å². The number of aliphatic hydroxyl groups is 1. The first-order valence-electron chi connectivity index (χ1n) is 12.6. The van der Waals surface area contributed by atoms with E-state index in [1.165, 1.54) is 0 Å². The highest BCUT2D eigenvalue weighted by atomic mass is 16.6. The zero-order valence-corrected chi connectivity index (χ0v) is 21.6. The summed E-state index contributed by atoms with van der Waals surface area (Å²) in [6, 6.07) is 5.22. The lowest BCUT2D eigenvalue weighted by atomic mass is 9.71. The van der Waals surface area contributed by atoms with Crippen molar-refractivity contribution < 1.29 is 29.3 Å². The van der Waals surface area contributed by atoms with Crippen molar-refractivity contribution in [2.24, 2.45) is 5.92 Å². The van der Waals surface area contributed by atoms with E-state index in [-0.39, 0.29) is 17.6 Å². The number of carboxylic acid groups (broad SMARTS) is 1. The van der Waals surface area contributed by atoms with Gasteiger partial charge in [-0.1, -0.05) is 25.5 Å². The second-order valence-corrected chi connectivity index (χ2v) is 10.4. The number of likely N-dealkylation sites (tertiary alicyclic amines) is 1. The highest BCUT2D eigenvalue weighted by molar-refractivity contribution is 5.90. The first-order valence-corrected chi connectivity index (χ1v) is 12.6. The van der Waals surface area contributed by atoms with Gasteiger partial charge in [0, 0.05) is 32.7 Å². The molecule has 0 bridgehead atoms. The summed E-state index contributed by atoms with van der Waals surface area (Å²) in [4.78, 5) is 26.5. The molecule has 1 aliphatic heterocycles. The third-order valence-electron chi connectivity index (χ3n) is 6.56. The molecule has 2 rings (SSSR count). The number of rotatable bonds is 11. The molecule has 7 nitrogen and oxygen atoms in total. The van der Waals surface area contributed by atoms with E-state index in [9.17, 15) is 19.8 Å². The van der Waals surface area contributed by atoms with Crippen LogP contribution in [-0.2, 0) is 21.5 Å². The van der Waals surface area contributed by atoms with Gasteiger partial charge in [0.15, 0.2) is 0 Å². The lowest BCUT2D eigenvalue weighted by Gasteiger charge is -2.44. The van der Waals surface area contributed by atoms with Gasteiger partial charge in [-0.25, -0.2) is 9.59 Å². The van der Waals surface area contributed by atoms with Gasteiger partial charge in [0.2, 0.25) is 0 Å². The summed E-state index contributed by atoms with van der Waals surface area (Å²) in [5.74, 6) is -1.20. The van der Waals surface area contributed by atoms with E-state index in [0.717, 1.165) is 38.5 Å². The van der Waals surface area contributed by atoms with Crippen LogP contribution >= 0.6 is 0 Å². The fourth-order valence-electron chi connectivity index (χ4n) is 4.87. The lowest BCUT2D eigenvalue weighted by Crippen LogP contribution is -2.49. The zero-order chi connectivity index (χ0) is 25.4. The molecule has 34 heavy (non-hydrogen) atoms. The number of amides is 1. The number of carbonyl (C=O) groups excluding carboxylic acids is 1. The molecular formula is C27H43NO6. The van der Waals surface area contributed by atoms with Crippen molar-refractivity contribution in [1.82, 2.24) is 4.90 Å². The SMILES string of the molecule is CCCCc1c(C(=O)O)cccc1[C@](O)(CCCCOC)[C@@H]1CCCN(C(=O)OC(C)(C)C)C1. The van der Waals surface area contributed by atoms with Gasteiger partial charge in [0.1, 0.15) is 5.60 Å². The van der Waals surface area contributed by atoms with Crippen LogP contribution in [0.4, 0.5) is 4.79 Å². The van der Waals surface area contributed by atoms with Crippen molar-refractivity contribution in [3.8, 4) is 0 Å². The van der Waals surface area contributed by atoms with E-state index in [0.29, 0.717) is 43.7 Å². The van der Waals surface area contributed by atoms with Crippen LogP contribution in [0.25, 0.3) is 0 Å². The molecule has 1 heterocycles. The van der Waals surface area contributed by atoms with Crippen LogP contribution in [0.5, 0.6) is 0 Å². The molecule has 1 aromatic carbocycles. The Morgan fingerprint density at radius 3 is 2.53 bits per heavy atom. The summed E-state index contributed by atoms with van der Waals surface area (Å²) in [6.07, 6.45) is 5.51. The van der Waals surface area contributed by atoms with Crippen LogP contribution in [0.3, 0.4) is 0 Å². The number of piperidine rings is 1. The number of benzene rings is 1. The van der Waals surface area contributed by atoms with Gasteiger partial charge >= 0.3 is 12.1 Å². The standard InChI is InChI=1S/C27H43NO6/c1-6-7-13-21-22(24(29)30)14-10-15-23(21)27(32,16-8-9-18-33-5)20-12-11-17-28(19-20)25(31)34-26(2,3)4/h10,14-15,20,32H,6-9,11-13,16-19H2,1-5H3,(H,29,30)/t20-,27+/m1/s1. The van der Waals surface area contributed by atoms with E-state index < -0.39 is 17.2 Å². The topological polar surface area (TPSA) is 96.3 Å². The zero-order valence-electron chi connectivity index (χ0n) is 21.6. The number of aromatic carboxylic acids is 1. The Morgan fingerprint density at radius 1 is 1.18 bits per heavy atom. The molecule has 1 saturated heterocycles. The fraction of sp³-hybridized carbons (Fsp3) is 0.704. The van der Waals surface area contributed by atoms with Crippen LogP contribution in [0, 0.1) is 5.92 Å². The molecule has 1 aromatic rings. The van der Waals surface area contributed by atoms with Crippen molar-refractivity contribution in [2.75, 3.05) is 26.8 Å². The lowest BCUT2D eigenvalue weighted by molar-refractivity contribution is -0.0647. The van der Waals surface area contributed by atoms with Gasteiger partial charge in [-0.3, -0.25) is 0 Å². The number of unbranched alkanes of at least 4 members (excludes halogenated alkanes) is 2. The van der Waals surface area contributed by atoms with Gasteiger partial charge in [-0.05, 0) is 82.9 Å². The van der Waals surface area contributed by atoms with E-state index in [1.54, 1.807) is 24.1 Å². The molecule has 0 unspecified atom stereocenters. The molecule has 0 saturated carbocycles. The molecule has 1 aliphatic rings. The van der Waals surface area contributed by atoms with Gasteiger partial charge in [-0.15, -0.1) is 0 Å². The predicted molar refractivity (Wildman–Crippen MR) is 132 cm³/mol. The predicted octanol–water partition coefficient (Wildman–Crippen LogP) is 5.38. The minimum absolute atomic E-state index is 0.222. The second kappa shape index (κ2) is 12.5. The molecule has 0 aromatic heterocycles. The molecule has 0 spiro atoms. The van der Waals surface area contributed by atoms with Crippen molar-refractivity contribution >= 4 is 12.1 Å². The molecule has 7 heteroatoms. The molecule has 2 N–H and O–H groups in total. The van der Waals surface area contributed by atoms with E-state index >= 15 is 0 Å². The number of hydrogen-bond donors (Lipinski definition) is 2. The van der Waals surface area contributed by atoms with Crippen LogP contribution in [-0.4, -0.2) is 59.6 Å². The summed E-state index contributed by atoms with van der Waals surface area (Å²) in [7, 11) is 1.66. The minimum atomic E-state index is -1.25. The summed E-state index contributed by atoms with van der Waals surface area (Å²) >= 11 is 0. The van der Waals surface area contributed by atoms with Crippen LogP contribution < -0.4 is 0 Å². The van der Waals surface area contributed by atoms with Crippen LogP contribution in [0.1, 0.15) is 94.1 Å². The maximum absolute atomic E-state index is 12.8. The maximum atomic E-state index is 12.8. The number of ether oxygens (including phenoxy) is 2. The smallest absolute Gasteiger partial charge is 0.410 e. The Hall–Kier alpha value is -2.12. The molecule has 1 amide bonds. The monoisotopic (exact) mass is 477 g/mol. The largest absolute Gasteiger partial charge is 0.478 e. The number of hydrogen-bond acceptors (Lipinski definition) is 5. The number of methoxy groups -OCH3 is 1. The van der Waals surface area contributed by atoms with Crippen molar-refractivity contribution in [3.05, 3.63) is 34.9 Å². The summed E-state index contributed by atoms with van der Waals surface area (Å²) in [5, 5.41) is 22.2. The summed E-state index contributed by atoms with van der Waals surface area (Å²) in [5.41, 5.74) is -0.192. The first-order chi connectivity index (χ1) is 16.0. The Bertz CT molecular complexity index is 818. The van der Waals surface area contributed by atoms with Crippen molar-refractivity contribution in [1.29, 1.82) is 0 Å². The molecule has 0 radical (unpaired) electrons. The normalized spacial score (nSPS) is 18.4. The van der Waals surface area contributed by atoms with E-state index in [1.807, 2.05) is 26.8 Å². The van der Waals surface area contributed by atoms with Gasteiger partial charge < -0.3 is 24.6 Å². The fourth-order valence-corrected chi connectivity index (χ4v) is 4.87. The van der Waals surface area contributed by atoms with Gasteiger partial charge in [-0.2, -0.15) is 0 Å². The Balaban J connectivity index is 2.46. The average Bonchev–Trinajstić information content (AvgIpc) is 2.79. The third-order valence-corrected chi connectivity index (χ3v) is 6.56. The first kappa shape index (κ1) is 28.1. The number of carboxylic acids is 1. The van der Waals surface area contributed by atoms with E-state index in [4.69, 9.17) is 9.47 Å². The second-order valence-electron chi connectivity index (χ2n) is 10.4. The average molecular weight is 478 g/mol. The molecule has 0 aliphatic carbocycles. The molecule has 1 fully saturated rings. The maximum Gasteiger partial charge on any atom is 0.410 e. The highest BCUT2D eigenvalue weighted by Gasteiger charge is 2.43. The Labute approximate surface area is 204 Å². The number of nitrogens with zero attached hydrogens (tertiary/aromatic N) is 1. The molecule has 2 atom stereocenters. The third kappa shape index (κ3) is 7.44. The van der Waals surface area contributed by atoms with Crippen molar-refractivity contribution in [3.63, 3.8) is 0 Å². The molecular weight excluding hydrogens is 434 g/mol. The summed E-state index contributed by atoms with van der Waals surface area (Å²) in [6.45, 7) is 9.16.